The van der Waals surface area contributed by atoms with Crippen molar-refractivity contribution in [3.05, 3.63) is 43.1 Å². The molecule has 1 aromatic heterocycles. The number of benzene rings is 1. The van der Waals surface area contributed by atoms with Crippen LogP contribution in [0.15, 0.2) is 43.1 Å². The second kappa shape index (κ2) is 5.93. The molecule has 1 saturated heterocycles. The summed E-state index contributed by atoms with van der Waals surface area (Å²) in [6.07, 6.45) is 3.22. The minimum absolute atomic E-state index is 0.0387. The smallest absolute Gasteiger partial charge is 0.246 e. The van der Waals surface area contributed by atoms with Crippen molar-refractivity contribution < 1.29 is 9.59 Å². The van der Waals surface area contributed by atoms with E-state index in [0.717, 1.165) is 16.2 Å². The predicted octanol–water partition coefficient (Wildman–Crippen LogP) is 0.655. The van der Waals surface area contributed by atoms with E-state index in [4.69, 9.17) is 0 Å². The number of aromatic nitrogens is 1. The van der Waals surface area contributed by atoms with Crippen molar-refractivity contribution in [2.45, 2.75) is 12.6 Å². The van der Waals surface area contributed by atoms with Gasteiger partial charge in [-0.2, -0.15) is 0 Å². The molecule has 114 valence electrons. The summed E-state index contributed by atoms with van der Waals surface area (Å²) in [5.41, 5.74) is 1.04. The molecule has 0 spiro atoms. The predicted molar refractivity (Wildman–Crippen MR) is 90.0 cm³/mol. The van der Waals surface area contributed by atoms with E-state index in [1.807, 2.05) is 29.0 Å². The number of likely N-dealkylation sites (tertiary alicyclic amines) is 1. The van der Waals surface area contributed by atoms with Crippen LogP contribution in [-0.2, 0) is 16.1 Å². The Morgan fingerprint density at radius 1 is 1.36 bits per heavy atom. The summed E-state index contributed by atoms with van der Waals surface area (Å²) >= 11 is 0. The van der Waals surface area contributed by atoms with Gasteiger partial charge in [-0.05, 0) is 29.6 Å². The second-order valence-corrected chi connectivity index (χ2v) is 6.14. The third kappa shape index (κ3) is 2.90. The van der Waals surface area contributed by atoms with Gasteiger partial charge in [-0.15, -0.1) is 9.24 Å². The topological polar surface area (TPSA) is 54.3 Å². The van der Waals surface area contributed by atoms with Crippen molar-refractivity contribution >= 4 is 37.3 Å². The summed E-state index contributed by atoms with van der Waals surface area (Å²) in [5.74, 6) is -0.127. The number of fused-ring (bicyclic) bond motifs is 1. The van der Waals surface area contributed by atoms with Crippen LogP contribution in [0.4, 0.5) is 0 Å². The summed E-state index contributed by atoms with van der Waals surface area (Å²) in [6.45, 7) is 4.84. The molecule has 2 aromatic rings. The highest BCUT2D eigenvalue weighted by Crippen LogP contribution is 2.15. The lowest BCUT2D eigenvalue weighted by molar-refractivity contribution is -0.133. The Bertz CT molecular complexity index is 747. The van der Waals surface area contributed by atoms with Crippen LogP contribution in [0.25, 0.3) is 10.9 Å². The quantitative estimate of drug-likeness (QED) is 0.665. The van der Waals surface area contributed by atoms with Crippen LogP contribution >= 0.6 is 9.24 Å². The number of carbonyl (C=O) groups excluding carboxylic acids is 2. The van der Waals surface area contributed by atoms with Crippen LogP contribution in [0.3, 0.4) is 0 Å². The zero-order valence-corrected chi connectivity index (χ0v) is 13.3. The van der Waals surface area contributed by atoms with Gasteiger partial charge in [-0.25, -0.2) is 0 Å². The van der Waals surface area contributed by atoms with Gasteiger partial charge in [-0.1, -0.05) is 12.6 Å². The number of rotatable bonds is 4. The molecule has 6 heteroatoms. The Morgan fingerprint density at radius 2 is 2.14 bits per heavy atom. The molecule has 0 aliphatic carbocycles. The zero-order valence-electron chi connectivity index (χ0n) is 12.2. The normalized spacial score (nSPS) is 14.7. The first-order chi connectivity index (χ1) is 10.6. The van der Waals surface area contributed by atoms with E-state index in [1.165, 1.54) is 6.08 Å². The zero-order chi connectivity index (χ0) is 15.7. The number of hydrogen-bond donors (Lipinski definition) is 1. The SMILES string of the molecule is C=CC(=O)N1CC(NC(=O)Cn2ccc3cc(P)ccc32)C1. The molecule has 1 fully saturated rings. The van der Waals surface area contributed by atoms with Gasteiger partial charge in [-0.3, -0.25) is 9.59 Å². The summed E-state index contributed by atoms with van der Waals surface area (Å²) in [6, 6.07) is 8.13. The maximum atomic E-state index is 12.1. The molecule has 3 rings (SSSR count). The monoisotopic (exact) mass is 315 g/mol. The molecule has 2 heterocycles. The summed E-state index contributed by atoms with van der Waals surface area (Å²) < 4.78 is 1.93. The maximum Gasteiger partial charge on any atom is 0.246 e. The molecule has 22 heavy (non-hydrogen) atoms. The number of hydrogen-bond acceptors (Lipinski definition) is 2. The first-order valence-electron chi connectivity index (χ1n) is 7.12. The average Bonchev–Trinajstić information content (AvgIpc) is 2.83. The van der Waals surface area contributed by atoms with Gasteiger partial charge >= 0.3 is 0 Å². The lowest BCUT2D eigenvalue weighted by Crippen LogP contribution is -2.61. The Labute approximate surface area is 131 Å². The molecule has 5 nitrogen and oxygen atoms in total. The third-order valence-electron chi connectivity index (χ3n) is 3.84. The van der Waals surface area contributed by atoms with Crippen LogP contribution in [0, 0.1) is 0 Å². The average molecular weight is 315 g/mol. The molecule has 0 bridgehead atoms. The van der Waals surface area contributed by atoms with Crippen molar-refractivity contribution in [3.63, 3.8) is 0 Å². The van der Waals surface area contributed by atoms with Gasteiger partial charge in [0.15, 0.2) is 0 Å². The van der Waals surface area contributed by atoms with E-state index in [1.54, 1.807) is 4.90 Å². The van der Waals surface area contributed by atoms with Gasteiger partial charge in [0.25, 0.3) is 0 Å². The fourth-order valence-electron chi connectivity index (χ4n) is 2.66. The molecule has 1 N–H and O–H groups in total. The molecule has 1 unspecified atom stereocenters. The molecule has 1 atom stereocenters. The van der Waals surface area contributed by atoms with Crippen molar-refractivity contribution in [2.75, 3.05) is 13.1 Å². The van der Waals surface area contributed by atoms with E-state index < -0.39 is 0 Å². The highest BCUT2D eigenvalue weighted by molar-refractivity contribution is 7.27. The molecule has 0 radical (unpaired) electrons. The highest BCUT2D eigenvalue weighted by atomic mass is 31.0. The molecule has 0 saturated carbocycles. The second-order valence-electron chi connectivity index (χ2n) is 5.47. The minimum atomic E-state index is -0.0878. The van der Waals surface area contributed by atoms with Crippen LogP contribution < -0.4 is 10.6 Å². The molecule has 2 amide bonds. The van der Waals surface area contributed by atoms with Crippen molar-refractivity contribution in [1.82, 2.24) is 14.8 Å². The summed E-state index contributed by atoms with van der Waals surface area (Å²) in [7, 11) is 2.67. The molecule has 1 aliphatic heterocycles. The molecule has 1 aliphatic rings. The summed E-state index contributed by atoms with van der Waals surface area (Å²) in [4.78, 5) is 25.1. The number of amides is 2. The lowest BCUT2D eigenvalue weighted by atomic mass is 10.1. The maximum absolute atomic E-state index is 12.1. The van der Waals surface area contributed by atoms with Crippen molar-refractivity contribution in [2.24, 2.45) is 0 Å². The van der Waals surface area contributed by atoms with E-state index in [-0.39, 0.29) is 24.4 Å². The van der Waals surface area contributed by atoms with Crippen LogP contribution in [0.2, 0.25) is 0 Å². The van der Waals surface area contributed by atoms with Gasteiger partial charge in [0.05, 0.1) is 6.04 Å². The fraction of sp³-hybridized carbons (Fsp3) is 0.250. The van der Waals surface area contributed by atoms with Gasteiger partial charge < -0.3 is 14.8 Å². The van der Waals surface area contributed by atoms with Crippen molar-refractivity contribution in [1.29, 1.82) is 0 Å². The van der Waals surface area contributed by atoms with E-state index >= 15 is 0 Å². The fourth-order valence-corrected chi connectivity index (χ4v) is 2.94. The Hall–Kier alpha value is -2.13. The Balaban J connectivity index is 1.58. The Kier molecular flexibility index (Phi) is 3.99. The minimum Gasteiger partial charge on any atom is -0.348 e. The van der Waals surface area contributed by atoms with Crippen LogP contribution in [0.5, 0.6) is 0 Å². The molecular weight excluding hydrogens is 297 g/mol. The summed E-state index contributed by atoms with van der Waals surface area (Å²) in [5, 5.41) is 5.19. The van der Waals surface area contributed by atoms with E-state index in [0.29, 0.717) is 13.1 Å². The number of carbonyl (C=O) groups is 2. The van der Waals surface area contributed by atoms with Gasteiger partial charge in [0.2, 0.25) is 11.8 Å². The highest BCUT2D eigenvalue weighted by Gasteiger charge is 2.30. The standard InChI is InChI=1S/C16H18N3O2P/c1-2-16(21)19-8-12(9-19)17-15(20)10-18-6-5-11-7-13(22)3-4-14(11)18/h2-7,12H,1,8-10,22H2,(H,17,20). The number of nitrogens with one attached hydrogen (secondary N) is 1. The van der Waals surface area contributed by atoms with E-state index in [2.05, 4.69) is 27.2 Å². The Morgan fingerprint density at radius 3 is 2.86 bits per heavy atom. The number of nitrogens with zero attached hydrogens (tertiary/aromatic N) is 2. The first kappa shape index (κ1) is 14.8. The largest absolute Gasteiger partial charge is 0.348 e. The molecule has 1 aromatic carbocycles. The van der Waals surface area contributed by atoms with Crippen LogP contribution in [0.1, 0.15) is 0 Å². The first-order valence-corrected chi connectivity index (χ1v) is 7.69. The van der Waals surface area contributed by atoms with E-state index in [9.17, 15) is 9.59 Å². The molecular formula is C16H18N3O2P. The third-order valence-corrected chi connectivity index (χ3v) is 4.20. The van der Waals surface area contributed by atoms with Gasteiger partial charge in [0, 0.05) is 30.2 Å². The lowest BCUT2D eigenvalue weighted by Gasteiger charge is -2.38. The van der Waals surface area contributed by atoms with Crippen LogP contribution in [-0.4, -0.2) is 40.4 Å². The van der Waals surface area contributed by atoms with Gasteiger partial charge in [0.1, 0.15) is 6.54 Å². The van der Waals surface area contributed by atoms with Crippen molar-refractivity contribution in [3.8, 4) is 0 Å².